The van der Waals surface area contributed by atoms with Gasteiger partial charge >= 0.3 is 17.1 Å². The van der Waals surface area contributed by atoms with Gasteiger partial charge in [0.2, 0.25) is 0 Å². The molecule has 0 unspecified atom stereocenters. The van der Waals surface area contributed by atoms with Gasteiger partial charge in [0.15, 0.2) is 0 Å². The molecule has 0 aliphatic heterocycles. The van der Waals surface area contributed by atoms with Crippen molar-refractivity contribution in [3.8, 4) is 0 Å². The van der Waals surface area contributed by atoms with E-state index in [1.165, 1.54) is 0 Å². The van der Waals surface area contributed by atoms with E-state index in [4.69, 9.17) is 31.3 Å². The third-order valence-corrected chi connectivity index (χ3v) is 1.82. The normalized spacial score (nSPS) is 7.84. The number of nitrogens with two attached hydrogens (primary N) is 2. The molecule has 2 aromatic heterocycles. The van der Waals surface area contributed by atoms with Gasteiger partial charge in [-0.15, -0.1) is 0 Å². The fourth-order valence-corrected chi connectivity index (χ4v) is 1.13. The molecule has 2 aromatic rings. The van der Waals surface area contributed by atoms with Crippen LogP contribution in [0.3, 0.4) is 0 Å². The molecule has 8 nitrogen and oxygen atoms in total. The molecule has 2 rings (SSSR count). The minimum atomic E-state index is -1.08. The SMILES string of the molecule is CC(=O)[O-].CC(=O)[O-].Cc1cccc(N)n1.Cc1cccc(N)n1.[Cu+2]. The van der Waals surface area contributed by atoms with E-state index in [1.54, 1.807) is 12.1 Å². The summed E-state index contributed by atoms with van der Waals surface area (Å²) in [6.45, 7) is 5.77. The first kappa shape index (κ1) is 27.2. The molecule has 2 heterocycles. The first-order chi connectivity index (χ1) is 11.0. The van der Waals surface area contributed by atoms with Crippen LogP contribution >= 0.6 is 0 Å². The Morgan fingerprint density at radius 3 is 1.16 bits per heavy atom. The summed E-state index contributed by atoms with van der Waals surface area (Å²) in [6, 6.07) is 11.1. The predicted molar refractivity (Wildman–Crippen MR) is 88.1 cm³/mol. The summed E-state index contributed by atoms with van der Waals surface area (Å²) in [5.41, 5.74) is 12.6. The van der Waals surface area contributed by atoms with E-state index in [-0.39, 0.29) is 17.1 Å². The summed E-state index contributed by atoms with van der Waals surface area (Å²) in [6.07, 6.45) is 0. The Balaban J connectivity index is -0.000000270. The summed E-state index contributed by atoms with van der Waals surface area (Å²) in [5, 5.41) is 17.8. The quantitative estimate of drug-likeness (QED) is 0.560. The number of carbonyl (C=O) groups is 2. The van der Waals surface area contributed by atoms with Gasteiger partial charge in [0, 0.05) is 23.3 Å². The molecule has 0 atom stereocenters. The van der Waals surface area contributed by atoms with E-state index in [1.807, 2.05) is 38.1 Å². The molecule has 25 heavy (non-hydrogen) atoms. The standard InChI is InChI=1S/2C6H8N2.2C2H4O2.Cu/c2*1-5-3-2-4-6(7)8-5;2*1-2(3)4;/h2*2-4H,1H3,(H2,7,8);2*1H3,(H,3,4);/q;;;;+2/p-2. The van der Waals surface area contributed by atoms with Gasteiger partial charge < -0.3 is 31.3 Å². The van der Waals surface area contributed by atoms with E-state index in [9.17, 15) is 0 Å². The number of hydrogen-bond donors (Lipinski definition) is 2. The zero-order valence-corrected chi connectivity index (χ0v) is 15.4. The average Bonchev–Trinajstić information content (AvgIpc) is 2.37. The molecule has 0 saturated carbocycles. The molecule has 0 aromatic carbocycles. The van der Waals surface area contributed by atoms with Gasteiger partial charge in [-0.2, -0.15) is 0 Å². The number of carbonyl (C=O) groups excluding carboxylic acids is 2. The van der Waals surface area contributed by atoms with Crippen LogP contribution in [0.5, 0.6) is 0 Å². The van der Waals surface area contributed by atoms with Crippen molar-refractivity contribution in [1.29, 1.82) is 0 Å². The number of aryl methyl sites for hydroxylation is 2. The van der Waals surface area contributed by atoms with Crippen molar-refractivity contribution in [2.45, 2.75) is 27.7 Å². The van der Waals surface area contributed by atoms with Crippen LogP contribution in [0.1, 0.15) is 25.2 Å². The number of aliphatic carboxylic acids is 2. The van der Waals surface area contributed by atoms with Crippen molar-refractivity contribution in [1.82, 2.24) is 9.97 Å². The summed E-state index contributed by atoms with van der Waals surface area (Å²) in [5.74, 6) is -0.991. The van der Waals surface area contributed by atoms with Crippen LogP contribution in [-0.4, -0.2) is 21.9 Å². The molecule has 9 heteroatoms. The summed E-state index contributed by atoms with van der Waals surface area (Å²) in [7, 11) is 0. The summed E-state index contributed by atoms with van der Waals surface area (Å²) < 4.78 is 0. The second-order valence-electron chi connectivity index (χ2n) is 4.39. The minimum Gasteiger partial charge on any atom is -0.550 e. The Morgan fingerprint density at radius 1 is 0.800 bits per heavy atom. The first-order valence-electron chi connectivity index (χ1n) is 6.78. The number of pyridine rings is 2. The zero-order valence-electron chi connectivity index (χ0n) is 14.4. The summed E-state index contributed by atoms with van der Waals surface area (Å²) in [4.78, 5) is 25.7. The average molecular weight is 398 g/mol. The Kier molecular flexibility index (Phi) is 17.7. The Morgan fingerprint density at radius 2 is 1.04 bits per heavy atom. The van der Waals surface area contributed by atoms with Crippen molar-refractivity contribution >= 4 is 23.6 Å². The Bertz CT molecular complexity index is 541. The van der Waals surface area contributed by atoms with Gasteiger partial charge in [0.1, 0.15) is 11.6 Å². The number of nitrogen functional groups attached to an aromatic ring is 2. The van der Waals surface area contributed by atoms with Gasteiger partial charge in [-0.05, 0) is 52.0 Å². The number of rotatable bonds is 0. The van der Waals surface area contributed by atoms with E-state index < -0.39 is 11.9 Å². The Labute approximate surface area is 157 Å². The predicted octanol–water partition coefficient (Wildman–Crippen LogP) is -0.546. The van der Waals surface area contributed by atoms with E-state index in [2.05, 4.69) is 9.97 Å². The van der Waals surface area contributed by atoms with Crippen molar-refractivity contribution in [3.05, 3.63) is 47.8 Å². The maximum Gasteiger partial charge on any atom is 2.00 e. The number of carboxylic acids is 2. The van der Waals surface area contributed by atoms with Crippen LogP contribution in [0.15, 0.2) is 36.4 Å². The van der Waals surface area contributed by atoms with Crippen molar-refractivity contribution < 1.29 is 36.9 Å². The minimum absolute atomic E-state index is 0. The molecule has 0 saturated heterocycles. The molecular weight excluding hydrogens is 376 g/mol. The molecule has 4 N–H and O–H groups in total. The molecule has 0 aliphatic rings. The van der Waals surface area contributed by atoms with Gasteiger partial charge in [0.25, 0.3) is 0 Å². The van der Waals surface area contributed by atoms with E-state index in [0.29, 0.717) is 11.6 Å². The molecular formula is C16H22CuN4O4. The van der Waals surface area contributed by atoms with Gasteiger partial charge in [-0.1, -0.05) is 12.1 Å². The topological polar surface area (TPSA) is 158 Å². The number of aromatic nitrogens is 2. The molecule has 0 bridgehead atoms. The van der Waals surface area contributed by atoms with Crippen LogP contribution in [0.25, 0.3) is 0 Å². The van der Waals surface area contributed by atoms with Gasteiger partial charge in [-0.25, -0.2) is 9.97 Å². The maximum absolute atomic E-state index is 8.89. The smallest absolute Gasteiger partial charge is 0.550 e. The van der Waals surface area contributed by atoms with Crippen molar-refractivity contribution in [3.63, 3.8) is 0 Å². The monoisotopic (exact) mass is 397 g/mol. The molecule has 141 valence electrons. The largest absolute Gasteiger partial charge is 2.00 e. The molecule has 0 amide bonds. The number of nitrogens with zero attached hydrogens (tertiary/aromatic N) is 2. The number of anilines is 2. The fourth-order valence-electron chi connectivity index (χ4n) is 1.13. The second kappa shape index (κ2) is 16.2. The second-order valence-corrected chi connectivity index (χ2v) is 4.39. The van der Waals surface area contributed by atoms with Crippen LogP contribution in [0.4, 0.5) is 11.6 Å². The Hall–Kier alpha value is -2.64. The third-order valence-electron chi connectivity index (χ3n) is 1.82. The van der Waals surface area contributed by atoms with Crippen molar-refractivity contribution in [2.75, 3.05) is 11.5 Å². The number of hydrogen-bond acceptors (Lipinski definition) is 8. The molecule has 0 fully saturated rings. The zero-order chi connectivity index (χ0) is 19.1. The maximum atomic E-state index is 8.89. The van der Waals surface area contributed by atoms with Crippen LogP contribution < -0.4 is 21.7 Å². The summed E-state index contributed by atoms with van der Waals surface area (Å²) >= 11 is 0. The van der Waals surface area contributed by atoms with Crippen LogP contribution in [-0.2, 0) is 26.7 Å². The third kappa shape index (κ3) is 26.6. The van der Waals surface area contributed by atoms with Gasteiger partial charge in [0.05, 0.1) is 0 Å². The van der Waals surface area contributed by atoms with E-state index >= 15 is 0 Å². The molecule has 0 aliphatic carbocycles. The van der Waals surface area contributed by atoms with Crippen LogP contribution in [0.2, 0.25) is 0 Å². The van der Waals surface area contributed by atoms with Crippen LogP contribution in [0, 0.1) is 13.8 Å². The molecule has 1 radical (unpaired) electrons. The fraction of sp³-hybridized carbons (Fsp3) is 0.250. The molecule has 0 spiro atoms. The van der Waals surface area contributed by atoms with Crippen molar-refractivity contribution in [2.24, 2.45) is 0 Å². The van der Waals surface area contributed by atoms with Gasteiger partial charge in [-0.3, -0.25) is 0 Å². The number of carboxylic acid groups (broad SMARTS) is 2. The first-order valence-corrected chi connectivity index (χ1v) is 6.78. The van der Waals surface area contributed by atoms with E-state index in [0.717, 1.165) is 25.2 Å².